The summed E-state index contributed by atoms with van der Waals surface area (Å²) >= 11 is 16.9. The minimum Gasteiger partial charge on any atom is -0.493 e. The number of methoxy groups -OCH3 is 1. The monoisotopic (exact) mass is 580 g/mol. The van der Waals surface area contributed by atoms with Gasteiger partial charge in [0.1, 0.15) is 12.4 Å². The smallest absolute Gasteiger partial charge is 0.264 e. The number of nitrogens with one attached hydrogen (secondary N) is 1. The molecule has 0 atom stereocenters. The van der Waals surface area contributed by atoms with Crippen LogP contribution >= 0.6 is 50.9 Å². The number of amides is 1. The van der Waals surface area contributed by atoms with E-state index in [0.717, 1.165) is 0 Å². The topological polar surface area (TPSA) is 59.9 Å². The van der Waals surface area contributed by atoms with Gasteiger partial charge in [-0.2, -0.15) is 0 Å². The lowest BCUT2D eigenvalue weighted by Crippen LogP contribution is -2.19. The molecule has 174 valence electrons. The van der Waals surface area contributed by atoms with Crippen molar-refractivity contribution >= 4 is 73.7 Å². The van der Waals surface area contributed by atoms with E-state index in [4.69, 9.17) is 32.7 Å². The molecule has 0 bridgehead atoms. The molecule has 1 N–H and O–H groups in total. The summed E-state index contributed by atoms with van der Waals surface area (Å²) in [4.78, 5) is 17.3. The average molecular weight is 582 g/mol. The second-order valence-electron chi connectivity index (χ2n) is 6.96. The van der Waals surface area contributed by atoms with Crippen molar-refractivity contribution in [1.82, 2.24) is 5.32 Å². The molecule has 1 fully saturated rings. The Morgan fingerprint density at radius 1 is 1.15 bits per heavy atom. The highest BCUT2D eigenvalue weighted by Gasteiger charge is 2.25. The maximum absolute atomic E-state index is 13.9. The van der Waals surface area contributed by atoms with Crippen molar-refractivity contribution in [3.63, 3.8) is 0 Å². The Morgan fingerprint density at radius 2 is 1.94 bits per heavy atom. The number of aliphatic imine (C=N–C) groups is 1. The summed E-state index contributed by atoms with van der Waals surface area (Å²) in [6.45, 7) is 0.0417. The van der Waals surface area contributed by atoms with Crippen molar-refractivity contribution in [3.05, 3.63) is 91.0 Å². The van der Waals surface area contributed by atoms with Gasteiger partial charge >= 0.3 is 0 Å². The zero-order valence-corrected chi connectivity index (χ0v) is 21.5. The van der Waals surface area contributed by atoms with Gasteiger partial charge in [-0.15, -0.1) is 0 Å². The van der Waals surface area contributed by atoms with Crippen LogP contribution in [0.5, 0.6) is 11.5 Å². The lowest BCUT2D eigenvalue weighted by atomic mass is 10.1. The van der Waals surface area contributed by atoms with Crippen LogP contribution in [0.15, 0.2) is 69.0 Å². The van der Waals surface area contributed by atoms with Crippen molar-refractivity contribution < 1.29 is 18.7 Å². The molecule has 3 aromatic rings. The number of halogens is 4. The van der Waals surface area contributed by atoms with Crippen molar-refractivity contribution in [1.29, 1.82) is 0 Å². The van der Waals surface area contributed by atoms with Crippen LogP contribution in [0.25, 0.3) is 6.08 Å². The maximum Gasteiger partial charge on any atom is 0.264 e. The Hall–Kier alpha value is -2.52. The quantitative estimate of drug-likeness (QED) is 0.309. The molecule has 0 radical (unpaired) electrons. The van der Waals surface area contributed by atoms with Gasteiger partial charge in [-0.05, 0) is 53.7 Å². The van der Waals surface area contributed by atoms with E-state index in [1.807, 2.05) is 0 Å². The van der Waals surface area contributed by atoms with E-state index in [9.17, 15) is 9.18 Å². The summed E-state index contributed by atoms with van der Waals surface area (Å²) in [5.41, 5.74) is 1.57. The molecule has 1 heterocycles. The van der Waals surface area contributed by atoms with Crippen LogP contribution in [-0.4, -0.2) is 18.2 Å². The van der Waals surface area contributed by atoms with Crippen molar-refractivity contribution in [3.8, 4) is 11.5 Å². The molecule has 0 spiro atoms. The van der Waals surface area contributed by atoms with E-state index in [-0.39, 0.29) is 18.3 Å². The zero-order chi connectivity index (χ0) is 24.2. The first-order chi connectivity index (χ1) is 16.4. The van der Waals surface area contributed by atoms with Crippen LogP contribution in [0.2, 0.25) is 10.0 Å². The van der Waals surface area contributed by atoms with E-state index in [1.54, 1.807) is 54.6 Å². The number of thioether (sulfide) groups is 1. The van der Waals surface area contributed by atoms with Crippen LogP contribution in [0.3, 0.4) is 0 Å². The Bertz CT molecular complexity index is 1330. The van der Waals surface area contributed by atoms with Crippen LogP contribution < -0.4 is 14.8 Å². The number of rotatable bonds is 6. The molecule has 3 aromatic carbocycles. The fraction of sp³-hybridized carbons (Fsp3) is 0.0833. The SMILES string of the molecule is COc1cc(/C=C2/SC(=Nc3cccc(Cl)c3Cl)NC2=O)c(Br)cc1OCc1ccccc1F. The van der Waals surface area contributed by atoms with Gasteiger partial charge in [-0.25, -0.2) is 9.38 Å². The summed E-state index contributed by atoms with van der Waals surface area (Å²) in [5, 5.41) is 3.79. The van der Waals surface area contributed by atoms with Crippen LogP contribution in [0.1, 0.15) is 11.1 Å². The van der Waals surface area contributed by atoms with Gasteiger partial charge in [0, 0.05) is 10.0 Å². The normalized spacial score (nSPS) is 15.6. The van der Waals surface area contributed by atoms with Crippen molar-refractivity contribution in [2.24, 2.45) is 4.99 Å². The van der Waals surface area contributed by atoms with Crippen LogP contribution in [0.4, 0.5) is 10.1 Å². The number of hydrogen-bond donors (Lipinski definition) is 1. The van der Waals surface area contributed by atoms with Gasteiger partial charge in [0.05, 0.1) is 27.7 Å². The molecule has 1 aliphatic heterocycles. The van der Waals surface area contributed by atoms with Gasteiger partial charge in [0.2, 0.25) is 0 Å². The lowest BCUT2D eigenvalue weighted by molar-refractivity contribution is -0.115. The van der Waals surface area contributed by atoms with Gasteiger partial charge < -0.3 is 14.8 Å². The summed E-state index contributed by atoms with van der Waals surface area (Å²) in [6, 6.07) is 14.9. The molecule has 0 aliphatic carbocycles. The molecule has 34 heavy (non-hydrogen) atoms. The predicted molar refractivity (Wildman–Crippen MR) is 139 cm³/mol. The van der Waals surface area contributed by atoms with E-state index < -0.39 is 0 Å². The minimum atomic E-state index is -0.345. The van der Waals surface area contributed by atoms with E-state index in [1.165, 1.54) is 24.9 Å². The van der Waals surface area contributed by atoms with E-state index >= 15 is 0 Å². The van der Waals surface area contributed by atoms with Crippen LogP contribution in [0, 0.1) is 5.82 Å². The van der Waals surface area contributed by atoms with Gasteiger partial charge in [0.25, 0.3) is 5.91 Å². The summed E-state index contributed by atoms with van der Waals surface area (Å²) in [5.74, 6) is 0.228. The number of ether oxygens (including phenoxy) is 2. The molecule has 1 saturated heterocycles. The first-order valence-corrected chi connectivity index (χ1v) is 12.2. The third-order valence-corrected chi connectivity index (χ3v) is 7.12. The third-order valence-electron chi connectivity index (χ3n) is 4.71. The van der Waals surface area contributed by atoms with Crippen molar-refractivity contribution in [2.45, 2.75) is 6.61 Å². The number of carbonyl (C=O) groups is 1. The highest BCUT2D eigenvalue weighted by Crippen LogP contribution is 2.38. The fourth-order valence-electron chi connectivity index (χ4n) is 3.01. The molecule has 10 heteroatoms. The number of hydrogen-bond acceptors (Lipinski definition) is 5. The lowest BCUT2D eigenvalue weighted by Gasteiger charge is -2.13. The largest absolute Gasteiger partial charge is 0.493 e. The average Bonchev–Trinajstić information content (AvgIpc) is 3.16. The number of nitrogens with zero attached hydrogens (tertiary/aromatic N) is 1. The highest BCUT2D eigenvalue weighted by molar-refractivity contribution is 9.10. The Kier molecular flexibility index (Phi) is 7.83. The molecule has 0 aromatic heterocycles. The predicted octanol–water partition coefficient (Wildman–Crippen LogP) is 7.37. The van der Waals surface area contributed by atoms with Crippen LogP contribution in [-0.2, 0) is 11.4 Å². The summed E-state index contributed by atoms with van der Waals surface area (Å²) in [7, 11) is 1.51. The third kappa shape index (κ3) is 5.58. The maximum atomic E-state index is 13.9. The minimum absolute atomic E-state index is 0.0417. The number of carbonyl (C=O) groups excluding carboxylic acids is 1. The fourth-order valence-corrected chi connectivity index (χ4v) is 4.61. The summed E-state index contributed by atoms with van der Waals surface area (Å²) < 4.78 is 25.8. The van der Waals surface area contributed by atoms with E-state index in [0.29, 0.717) is 52.9 Å². The second-order valence-corrected chi connectivity index (χ2v) is 9.63. The van der Waals surface area contributed by atoms with Gasteiger partial charge in [0.15, 0.2) is 16.7 Å². The molecule has 0 unspecified atom stereocenters. The molecule has 1 aliphatic rings. The first-order valence-electron chi connectivity index (χ1n) is 9.83. The van der Waals surface area contributed by atoms with E-state index in [2.05, 4.69) is 26.2 Å². The Balaban J connectivity index is 1.56. The van der Waals surface area contributed by atoms with Crippen molar-refractivity contribution in [2.75, 3.05) is 7.11 Å². The molecular weight excluding hydrogens is 566 g/mol. The number of amidine groups is 1. The highest BCUT2D eigenvalue weighted by atomic mass is 79.9. The first kappa shape index (κ1) is 24.6. The zero-order valence-electron chi connectivity index (χ0n) is 17.6. The molecule has 1 amide bonds. The molecule has 0 saturated carbocycles. The Morgan fingerprint density at radius 3 is 2.71 bits per heavy atom. The molecule has 5 nitrogen and oxygen atoms in total. The molecular formula is C24H16BrCl2FN2O3S. The standard InChI is InChI=1S/C24H16BrCl2FN2O3S/c1-32-19-9-14(15(25)11-20(19)33-12-13-5-2-3-7-17(13)28)10-21-23(31)30-24(34-21)29-18-8-4-6-16(26)22(18)27/h2-11H,12H2,1H3,(H,29,30,31)/b21-10+. The summed E-state index contributed by atoms with van der Waals surface area (Å²) in [6.07, 6.45) is 1.70. The number of benzene rings is 3. The second kappa shape index (κ2) is 10.8. The Labute approximate surface area is 218 Å². The van der Waals surface area contributed by atoms with Gasteiger partial charge in [-0.3, -0.25) is 4.79 Å². The van der Waals surface area contributed by atoms with Gasteiger partial charge in [-0.1, -0.05) is 63.4 Å². The molecule has 4 rings (SSSR count).